The van der Waals surface area contributed by atoms with Gasteiger partial charge in [0.2, 0.25) is 17.5 Å². The fourth-order valence-electron chi connectivity index (χ4n) is 3.69. The Bertz CT molecular complexity index is 836. The Balaban J connectivity index is 1.47. The van der Waals surface area contributed by atoms with E-state index in [9.17, 15) is 14.0 Å². The van der Waals surface area contributed by atoms with E-state index in [0.29, 0.717) is 38.5 Å². The fraction of sp³-hybridized carbons (Fsp3) is 0.500. The molecule has 1 N–H and O–H groups in total. The number of nitrogens with zero attached hydrogens (tertiary/aromatic N) is 4. The van der Waals surface area contributed by atoms with Crippen molar-refractivity contribution in [1.29, 1.82) is 0 Å². The number of amides is 1. The summed E-state index contributed by atoms with van der Waals surface area (Å²) in [6, 6.07) is 1.56. The molecule has 0 spiro atoms. The van der Waals surface area contributed by atoms with Gasteiger partial charge in [-0.3, -0.25) is 14.6 Å². The standard InChI is InChI=1S/C16H18FN5O3/c1-2-11-13(17)14(23)20-16(19-11)22-7-9-5-21(6-10(9)8-22)15(24)12-3-4-18-25-12/h3-4,9-10H,2,5-8H2,1H3,(H,19,20,23). The topological polar surface area (TPSA) is 95.3 Å². The lowest BCUT2D eigenvalue weighted by Crippen LogP contribution is -2.34. The molecular weight excluding hydrogens is 329 g/mol. The van der Waals surface area contributed by atoms with E-state index >= 15 is 0 Å². The number of hydrogen-bond acceptors (Lipinski definition) is 6. The van der Waals surface area contributed by atoms with Gasteiger partial charge in [-0.05, 0) is 6.42 Å². The predicted molar refractivity (Wildman–Crippen MR) is 85.8 cm³/mol. The van der Waals surface area contributed by atoms with Crippen molar-refractivity contribution in [2.75, 3.05) is 31.1 Å². The van der Waals surface area contributed by atoms with Gasteiger partial charge in [-0.1, -0.05) is 12.1 Å². The molecule has 2 fully saturated rings. The highest BCUT2D eigenvalue weighted by molar-refractivity contribution is 5.91. The van der Waals surface area contributed by atoms with Crippen molar-refractivity contribution >= 4 is 11.9 Å². The van der Waals surface area contributed by atoms with Gasteiger partial charge in [-0.15, -0.1) is 0 Å². The van der Waals surface area contributed by atoms with E-state index in [4.69, 9.17) is 4.52 Å². The van der Waals surface area contributed by atoms with E-state index < -0.39 is 11.4 Å². The molecular formula is C16H18FN5O3. The first-order valence-corrected chi connectivity index (χ1v) is 8.30. The summed E-state index contributed by atoms with van der Waals surface area (Å²) in [4.78, 5) is 34.6. The van der Waals surface area contributed by atoms with Crippen molar-refractivity contribution in [1.82, 2.24) is 20.0 Å². The minimum atomic E-state index is -0.811. The maximum Gasteiger partial charge on any atom is 0.292 e. The minimum absolute atomic E-state index is 0.153. The second-order valence-corrected chi connectivity index (χ2v) is 6.52. The molecule has 9 heteroatoms. The molecule has 2 aliphatic rings. The molecule has 2 saturated heterocycles. The van der Waals surface area contributed by atoms with Gasteiger partial charge >= 0.3 is 0 Å². The monoisotopic (exact) mass is 347 g/mol. The number of fused-ring (bicyclic) bond motifs is 1. The number of nitrogens with one attached hydrogen (secondary N) is 1. The zero-order valence-electron chi connectivity index (χ0n) is 13.7. The Morgan fingerprint density at radius 3 is 2.68 bits per heavy atom. The molecule has 2 atom stereocenters. The number of anilines is 1. The highest BCUT2D eigenvalue weighted by Gasteiger charge is 2.43. The van der Waals surface area contributed by atoms with Crippen LogP contribution in [0.3, 0.4) is 0 Å². The summed E-state index contributed by atoms with van der Waals surface area (Å²) in [6.45, 7) is 4.34. The highest BCUT2D eigenvalue weighted by Crippen LogP contribution is 2.33. The van der Waals surface area contributed by atoms with Gasteiger partial charge in [0.15, 0.2) is 0 Å². The van der Waals surface area contributed by atoms with Gasteiger partial charge < -0.3 is 14.3 Å². The van der Waals surface area contributed by atoms with Crippen LogP contribution in [-0.2, 0) is 6.42 Å². The normalized spacial score (nSPS) is 22.5. The van der Waals surface area contributed by atoms with Crippen LogP contribution < -0.4 is 10.5 Å². The molecule has 25 heavy (non-hydrogen) atoms. The largest absolute Gasteiger partial charge is 0.351 e. The van der Waals surface area contributed by atoms with Crippen LogP contribution in [0, 0.1) is 17.7 Å². The van der Waals surface area contributed by atoms with Gasteiger partial charge in [0.05, 0.1) is 11.9 Å². The number of likely N-dealkylation sites (tertiary alicyclic amines) is 1. The molecule has 132 valence electrons. The maximum atomic E-state index is 13.7. The Hall–Kier alpha value is -2.71. The Morgan fingerprint density at radius 1 is 1.36 bits per heavy atom. The van der Waals surface area contributed by atoms with Crippen LogP contribution in [-0.4, -0.2) is 52.1 Å². The quantitative estimate of drug-likeness (QED) is 0.877. The first kappa shape index (κ1) is 15.8. The predicted octanol–water partition coefficient (Wildman–Crippen LogP) is 0.668. The molecule has 2 aromatic rings. The second kappa shape index (κ2) is 5.98. The lowest BCUT2D eigenvalue weighted by Gasteiger charge is -2.21. The zero-order valence-corrected chi connectivity index (χ0v) is 13.7. The number of aromatic nitrogens is 3. The molecule has 0 aliphatic carbocycles. The first-order valence-electron chi connectivity index (χ1n) is 8.30. The smallest absolute Gasteiger partial charge is 0.292 e. The molecule has 2 aromatic heterocycles. The molecule has 1 amide bonds. The van der Waals surface area contributed by atoms with Crippen LogP contribution in [0.15, 0.2) is 21.6 Å². The van der Waals surface area contributed by atoms with Gasteiger partial charge in [0, 0.05) is 44.1 Å². The van der Waals surface area contributed by atoms with Crippen LogP contribution in [0.2, 0.25) is 0 Å². The van der Waals surface area contributed by atoms with E-state index in [-0.39, 0.29) is 29.2 Å². The number of H-pyrrole nitrogens is 1. The van der Waals surface area contributed by atoms with Crippen molar-refractivity contribution in [3.05, 3.63) is 39.9 Å². The number of halogens is 1. The summed E-state index contributed by atoms with van der Waals surface area (Å²) in [5.74, 6) is 0.258. The molecule has 8 nitrogen and oxygen atoms in total. The summed E-state index contributed by atoms with van der Waals surface area (Å²) in [7, 11) is 0. The average Bonchev–Trinajstić information content (AvgIpc) is 3.32. The fourth-order valence-corrected chi connectivity index (χ4v) is 3.69. The Kier molecular flexibility index (Phi) is 3.78. The average molecular weight is 347 g/mol. The number of aryl methyl sites for hydroxylation is 1. The molecule has 2 unspecified atom stereocenters. The second-order valence-electron chi connectivity index (χ2n) is 6.52. The summed E-state index contributed by atoms with van der Waals surface area (Å²) in [5, 5.41) is 3.57. The van der Waals surface area contributed by atoms with Crippen LogP contribution >= 0.6 is 0 Å². The molecule has 2 aliphatic heterocycles. The van der Waals surface area contributed by atoms with E-state index in [1.807, 2.05) is 4.90 Å². The van der Waals surface area contributed by atoms with Gasteiger partial charge in [0.25, 0.3) is 11.5 Å². The van der Waals surface area contributed by atoms with Crippen molar-refractivity contribution in [3.8, 4) is 0 Å². The molecule has 0 bridgehead atoms. The third-order valence-corrected chi connectivity index (χ3v) is 4.98. The third-order valence-electron chi connectivity index (χ3n) is 4.98. The summed E-state index contributed by atoms with van der Waals surface area (Å²) in [5.41, 5.74) is -0.557. The zero-order chi connectivity index (χ0) is 17.6. The highest BCUT2D eigenvalue weighted by atomic mass is 19.1. The summed E-state index contributed by atoms with van der Waals surface area (Å²) in [6.07, 6.45) is 1.82. The molecule has 4 heterocycles. The number of carbonyl (C=O) groups excluding carboxylic acids is 1. The Morgan fingerprint density at radius 2 is 2.08 bits per heavy atom. The van der Waals surface area contributed by atoms with Gasteiger partial charge in [-0.2, -0.15) is 4.39 Å². The van der Waals surface area contributed by atoms with Gasteiger partial charge in [-0.25, -0.2) is 4.98 Å². The number of aromatic amines is 1. The van der Waals surface area contributed by atoms with Crippen LogP contribution in [0.1, 0.15) is 23.2 Å². The molecule has 0 radical (unpaired) electrons. The van der Waals surface area contributed by atoms with Crippen LogP contribution in [0.4, 0.5) is 10.3 Å². The van der Waals surface area contributed by atoms with Gasteiger partial charge in [0.1, 0.15) is 0 Å². The number of carbonyl (C=O) groups is 1. The maximum absolute atomic E-state index is 13.7. The van der Waals surface area contributed by atoms with Crippen molar-refractivity contribution in [2.45, 2.75) is 13.3 Å². The summed E-state index contributed by atoms with van der Waals surface area (Å²) < 4.78 is 18.6. The number of hydrogen-bond donors (Lipinski definition) is 1. The molecule has 0 saturated carbocycles. The lowest BCUT2D eigenvalue weighted by atomic mass is 10.0. The van der Waals surface area contributed by atoms with Crippen molar-refractivity contribution < 1.29 is 13.7 Å². The SMILES string of the molecule is CCc1nc(N2CC3CN(C(=O)c4ccno4)CC3C2)[nH]c(=O)c1F. The first-order chi connectivity index (χ1) is 12.1. The van der Waals surface area contributed by atoms with E-state index in [1.54, 1.807) is 17.9 Å². The van der Waals surface area contributed by atoms with Crippen LogP contribution in [0.5, 0.6) is 0 Å². The van der Waals surface area contributed by atoms with Crippen molar-refractivity contribution in [3.63, 3.8) is 0 Å². The lowest BCUT2D eigenvalue weighted by molar-refractivity contribution is 0.0741. The minimum Gasteiger partial charge on any atom is -0.351 e. The van der Waals surface area contributed by atoms with Crippen LogP contribution in [0.25, 0.3) is 0 Å². The Labute approximate surface area is 142 Å². The van der Waals surface area contributed by atoms with Crippen molar-refractivity contribution in [2.24, 2.45) is 11.8 Å². The van der Waals surface area contributed by atoms with E-state index in [2.05, 4.69) is 15.1 Å². The van der Waals surface area contributed by atoms with E-state index in [0.717, 1.165) is 0 Å². The summed E-state index contributed by atoms with van der Waals surface area (Å²) >= 11 is 0. The number of rotatable bonds is 3. The third kappa shape index (κ3) is 2.69. The molecule has 4 rings (SSSR count). The van der Waals surface area contributed by atoms with E-state index in [1.165, 1.54) is 6.20 Å². The molecule has 0 aromatic carbocycles.